The zero-order valence-electron chi connectivity index (χ0n) is 13.9. The van der Waals surface area contributed by atoms with Gasteiger partial charge in [0.25, 0.3) is 0 Å². The van der Waals surface area contributed by atoms with Gasteiger partial charge in [0.05, 0.1) is 6.61 Å². The summed E-state index contributed by atoms with van der Waals surface area (Å²) in [6.07, 6.45) is -0.00213. The molecule has 1 fully saturated rings. The molecule has 1 aromatic heterocycles. The van der Waals surface area contributed by atoms with Crippen LogP contribution < -0.4 is 0 Å². The molecule has 2 aromatic rings. The number of rotatable bonds is 6. The first kappa shape index (κ1) is 17.1. The summed E-state index contributed by atoms with van der Waals surface area (Å²) in [7, 11) is 0. The number of nitrogens with zero attached hydrogens (tertiary/aromatic N) is 2. The predicted octanol–water partition coefficient (Wildman–Crippen LogP) is 3.01. The fourth-order valence-electron chi connectivity index (χ4n) is 2.76. The van der Waals surface area contributed by atoms with Crippen LogP contribution in [-0.2, 0) is 20.8 Å². The Balaban J connectivity index is 2.06. The summed E-state index contributed by atoms with van der Waals surface area (Å²) in [5.74, 6) is -0.872. The Hall–Kier alpha value is -2.71. The highest BCUT2D eigenvalue weighted by molar-refractivity contribution is 5.92. The number of nitro groups is 1. The van der Waals surface area contributed by atoms with Crippen molar-refractivity contribution in [3.63, 3.8) is 0 Å². The number of ether oxygens (including phenoxy) is 3. The maximum atomic E-state index is 12.3. The molecule has 1 aliphatic rings. The maximum Gasteiger partial charge on any atom is 0.342 e. The average molecular weight is 346 g/mol. The molecule has 2 heterocycles. The largest absolute Gasteiger partial charge is 0.462 e. The minimum atomic E-state index is -0.952. The molecule has 0 spiro atoms. The number of hydrogen-bond donors (Lipinski definition) is 0. The van der Waals surface area contributed by atoms with E-state index in [1.165, 1.54) is 10.8 Å². The summed E-state index contributed by atoms with van der Waals surface area (Å²) in [5.41, 5.74) is 1.05. The lowest BCUT2D eigenvalue weighted by Crippen LogP contribution is -2.33. The highest BCUT2D eigenvalue weighted by atomic mass is 16.9. The number of carbonyl (C=O) groups is 1. The van der Waals surface area contributed by atoms with Crippen LogP contribution in [0.15, 0.2) is 36.5 Å². The molecule has 0 bridgehead atoms. The highest BCUT2D eigenvalue weighted by Gasteiger charge is 2.41. The number of aromatic nitrogens is 1. The molecule has 8 heteroatoms. The van der Waals surface area contributed by atoms with Crippen molar-refractivity contribution in [2.45, 2.75) is 33.0 Å². The average Bonchev–Trinajstić information content (AvgIpc) is 2.92. The molecule has 0 radical (unpaired) electrons. The van der Waals surface area contributed by atoms with Crippen molar-refractivity contribution < 1.29 is 23.9 Å². The molecule has 1 saturated heterocycles. The van der Waals surface area contributed by atoms with Gasteiger partial charge in [0.15, 0.2) is 12.6 Å². The standard InChI is InChI=1S/C17H18N2O6/c1-3-23-16(20)13-10-18(9-12-7-5-4-6-8-12)15(19(21)22)14(13)17-24-11(2)25-17/h4-8,10-11,17H,3,9H2,1-2H3. The monoisotopic (exact) mass is 346 g/mol. The van der Waals surface area contributed by atoms with Crippen LogP contribution in [-0.4, -0.2) is 28.4 Å². The van der Waals surface area contributed by atoms with E-state index in [-0.39, 0.29) is 30.1 Å². The van der Waals surface area contributed by atoms with Gasteiger partial charge in [-0.15, -0.1) is 0 Å². The van der Waals surface area contributed by atoms with Crippen molar-refractivity contribution in [3.05, 3.63) is 63.3 Å². The molecule has 132 valence electrons. The number of benzene rings is 1. The Labute approximate surface area is 144 Å². The first-order chi connectivity index (χ1) is 12.0. The van der Waals surface area contributed by atoms with Crippen molar-refractivity contribution in [3.8, 4) is 0 Å². The Bertz CT molecular complexity index is 780. The third kappa shape index (κ3) is 3.40. The molecule has 1 aromatic carbocycles. The van der Waals surface area contributed by atoms with Gasteiger partial charge in [-0.25, -0.2) is 9.36 Å². The van der Waals surface area contributed by atoms with E-state index < -0.39 is 23.5 Å². The van der Waals surface area contributed by atoms with Gasteiger partial charge in [0, 0.05) is 0 Å². The lowest BCUT2D eigenvalue weighted by molar-refractivity contribution is -0.408. The first-order valence-corrected chi connectivity index (χ1v) is 7.90. The minimum absolute atomic E-state index is 0.0846. The van der Waals surface area contributed by atoms with Crippen molar-refractivity contribution in [1.82, 2.24) is 4.57 Å². The lowest BCUT2D eigenvalue weighted by Gasteiger charge is -2.33. The van der Waals surface area contributed by atoms with Gasteiger partial charge in [-0.05, 0) is 24.3 Å². The summed E-state index contributed by atoms with van der Waals surface area (Å²) in [5, 5.41) is 11.7. The maximum absolute atomic E-state index is 12.3. The van der Waals surface area contributed by atoms with Gasteiger partial charge in [-0.2, -0.15) is 0 Å². The summed E-state index contributed by atoms with van der Waals surface area (Å²) in [6.45, 7) is 3.75. The second-order valence-electron chi connectivity index (χ2n) is 5.54. The van der Waals surface area contributed by atoms with Crippen molar-refractivity contribution >= 4 is 11.8 Å². The van der Waals surface area contributed by atoms with Crippen molar-refractivity contribution in [2.24, 2.45) is 0 Å². The van der Waals surface area contributed by atoms with Crippen LogP contribution in [0.2, 0.25) is 0 Å². The summed E-state index contributed by atoms with van der Waals surface area (Å²) >= 11 is 0. The number of hydrogen-bond acceptors (Lipinski definition) is 6. The molecule has 0 saturated carbocycles. The quantitative estimate of drug-likeness (QED) is 0.453. The van der Waals surface area contributed by atoms with Crippen LogP contribution in [0, 0.1) is 10.1 Å². The Morgan fingerprint density at radius 1 is 1.32 bits per heavy atom. The van der Waals surface area contributed by atoms with E-state index in [9.17, 15) is 14.9 Å². The van der Waals surface area contributed by atoms with E-state index in [1.54, 1.807) is 13.8 Å². The number of esters is 1. The van der Waals surface area contributed by atoms with Gasteiger partial charge in [0.1, 0.15) is 23.9 Å². The van der Waals surface area contributed by atoms with E-state index in [2.05, 4.69) is 0 Å². The van der Waals surface area contributed by atoms with Crippen molar-refractivity contribution in [2.75, 3.05) is 6.61 Å². The fraction of sp³-hybridized carbons (Fsp3) is 0.353. The van der Waals surface area contributed by atoms with Crippen LogP contribution >= 0.6 is 0 Å². The van der Waals surface area contributed by atoms with E-state index in [0.29, 0.717) is 0 Å². The fourth-order valence-corrected chi connectivity index (χ4v) is 2.76. The van der Waals surface area contributed by atoms with Crippen LogP contribution in [0.3, 0.4) is 0 Å². The summed E-state index contributed by atoms with van der Waals surface area (Å²) in [4.78, 5) is 23.4. The van der Waals surface area contributed by atoms with Gasteiger partial charge < -0.3 is 24.3 Å². The first-order valence-electron chi connectivity index (χ1n) is 7.90. The van der Waals surface area contributed by atoms with Gasteiger partial charge in [-0.1, -0.05) is 30.3 Å². The third-order valence-corrected chi connectivity index (χ3v) is 3.82. The summed E-state index contributed by atoms with van der Waals surface area (Å²) in [6, 6.07) is 9.26. The highest BCUT2D eigenvalue weighted by Crippen LogP contribution is 2.40. The zero-order valence-corrected chi connectivity index (χ0v) is 13.9. The second-order valence-corrected chi connectivity index (χ2v) is 5.54. The minimum Gasteiger partial charge on any atom is -0.462 e. The van der Waals surface area contributed by atoms with E-state index in [4.69, 9.17) is 14.2 Å². The number of carbonyl (C=O) groups excluding carboxylic acids is 1. The molecule has 0 atom stereocenters. The molecule has 0 N–H and O–H groups in total. The van der Waals surface area contributed by atoms with Crippen LogP contribution in [0.4, 0.5) is 5.82 Å². The van der Waals surface area contributed by atoms with Crippen LogP contribution in [0.1, 0.15) is 41.6 Å². The van der Waals surface area contributed by atoms with Gasteiger partial charge >= 0.3 is 11.8 Å². The van der Waals surface area contributed by atoms with E-state index >= 15 is 0 Å². The van der Waals surface area contributed by atoms with E-state index in [0.717, 1.165) is 5.56 Å². The third-order valence-electron chi connectivity index (χ3n) is 3.82. The molecule has 1 aliphatic heterocycles. The molecule has 25 heavy (non-hydrogen) atoms. The van der Waals surface area contributed by atoms with Crippen LogP contribution in [0.5, 0.6) is 0 Å². The zero-order chi connectivity index (χ0) is 18.0. The second kappa shape index (κ2) is 7.04. The molecule has 0 unspecified atom stereocenters. The Kier molecular flexibility index (Phi) is 4.82. The van der Waals surface area contributed by atoms with Gasteiger partial charge in [0.2, 0.25) is 0 Å². The van der Waals surface area contributed by atoms with Crippen LogP contribution in [0.25, 0.3) is 0 Å². The topological polar surface area (TPSA) is 92.8 Å². The Morgan fingerprint density at radius 3 is 2.56 bits per heavy atom. The molecular formula is C17H18N2O6. The predicted molar refractivity (Wildman–Crippen MR) is 87.0 cm³/mol. The normalized spacial score (nSPS) is 19.3. The molecular weight excluding hydrogens is 328 g/mol. The molecule has 0 aliphatic carbocycles. The lowest BCUT2D eigenvalue weighted by atomic mass is 10.1. The molecule has 8 nitrogen and oxygen atoms in total. The van der Waals surface area contributed by atoms with Crippen molar-refractivity contribution in [1.29, 1.82) is 0 Å². The van der Waals surface area contributed by atoms with E-state index in [1.807, 2.05) is 30.3 Å². The Morgan fingerprint density at radius 2 is 2.00 bits per heavy atom. The molecule has 3 rings (SSSR count). The smallest absolute Gasteiger partial charge is 0.342 e. The molecule has 0 amide bonds. The SMILES string of the molecule is CCOC(=O)c1cn(Cc2ccccc2)c([N+](=O)[O-])c1C1OC(C)O1. The summed E-state index contributed by atoms with van der Waals surface area (Å²) < 4.78 is 17.2. The van der Waals surface area contributed by atoms with Gasteiger partial charge in [-0.3, -0.25) is 0 Å².